The van der Waals surface area contributed by atoms with Gasteiger partial charge in [0.25, 0.3) is 0 Å². The Kier molecular flexibility index (Phi) is 6.06. The number of aromatic nitrogens is 1. The molecule has 1 atom stereocenters. The summed E-state index contributed by atoms with van der Waals surface area (Å²) in [4.78, 5) is 17.1. The summed E-state index contributed by atoms with van der Waals surface area (Å²) in [5, 5.41) is 6.96. The zero-order chi connectivity index (χ0) is 18.5. The van der Waals surface area contributed by atoms with Crippen molar-refractivity contribution in [2.75, 3.05) is 31.5 Å². The van der Waals surface area contributed by atoms with Gasteiger partial charge < -0.3 is 9.84 Å². The van der Waals surface area contributed by atoms with Crippen molar-refractivity contribution in [2.24, 2.45) is 0 Å². The third-order valence-corrected chi connectivity index (χ3v) is 5.02. The summed E-state index contributed by atoms with van der Waals surface area (Å²) in [6.45, 7) is 10.4. The van der Waals surface area contributed by atoms with Gasteiger partial charge in [-0.25, -0.2) is 0 Å². The molecule has 1 aromatic heterocycles. The standard InChI is InChI=1S/C20H28N4O2/c1-4-17-5-7-18(8-6-17)21-20(25)16(3)24-11-9-23(10-12-24)14-19-13-15(2)22-26-19/h5-8,13,16H,4,9-12,14H2,1-3H3,(H,21,25). The highest BCUT2D eigenvalue weighted by Gasteiger charge is 2.26. The average molecular weight is 356 g/mol. The molecular formula is C20H28N4O2. The smallest absolute Gasteiger partial charge is 0.241 e. The summed E-state index contributed by atoms with van der Waals surface area (Å²) in [5.41, 5.74) is 3.04. The minimum absolute atomic E-state index is 0.0496. The number of nitrogens with one attached hydrogen (secondary N) is 1. The number of piperazine rings is 1. The first-order chi connectivity index (χ1) is 12.5. The highest BCUT2D eigenvalue weighted by molar-refractivity contribution is 5.94. The van der Waals surface area contributed by atoms with Crippen LogP contribution in [0.15, 0.2) is 34.9 Å². The second-order valence-corrected chi connectivity index (χ2v) is 6.96. The van der Waals surface area contributed by atoms with Gasteiger partial charge in [-0.05, 0) is 38.0 Å². The fourth-order valence-electron chi connectivity index (χ4n) is 3.26. The van der Waals surface area contributed by atoms with Crippen LogP contribution in [0.4, 0.5) is 5.69 Å². The van der Waals surface area contributed by atoms with Gasteiger partial charge in [0.15, 0.2) is 5.76 Å². The van der Waals surface area contributed by atoms with E-state index < -0.39 is 0 Å². The predicted octanol–water partition coefficient (Wildman–Crippen LogP) is 2.69. The van der Waals surface area contributed by atoms with E-state index in [1.165, 1.54) is 5.56 Å². The molecule has 1 saturated heterocycles. The molecule has 0 spiro atoms. The fraction of sp³-hybridized carbons (Fsp3) is 0.500. The normalized spacial score (nSPS) is 17.2. The van der Waals surface area contributed by atoms with Crippen molar-refractivity contribution >= 4 is 11.6 Å². The Balaban J connectivity index is 1.47. The molecule has 2 heterocycles. The molecule has 0 aliphatic carbocycles. The van der Waals surface area contributed by atoms with Crippen molar-refractivity contribution in [2.45, 2.75) is 39.8 Å². The van der Waals surface area contributed by atoms with Crippen LogP contribution < -0.4 is 5.32 Å². The summed E-state index contributed by atoms with van der Waals surface area (Å²) in [6, 6.07) is 9.90. The van der Waals surface area contributed by atoms with Crippen LogP contribution in [-0.2, 0) is 17.8 Å². The lowest BCUT2D eigenvalue weighted by Crippen LogP contribution is -2.52. The van der Waals surface area contributed by atoms with E-state index in [-0.39, 0.29) is 11.9 Å². The molecule has 1 aliphatic heterocycles. The molecule has 0 radical (unpaired) electrons. The second-order valence-electron chi connectivity index (χ2n) is 6.96. The van der Waals surface area contributed by atoms with Gasteiger partial charge in [-0.1, -0.05) is 24.2 Å². The van der Waals surface area contributed by atoms with Crippen LogP contribution in [0.2, 0.25) is 0 Å². The maximum absolute atomic E-state index is 12.6. The van der Waals surface area contributed by atoms with Crippen LogP contribution in [0.3, 0.4) is 0 Å². The van der Waals surface area contributed by atoms with Gasteiger partial charge in [0, 0.05) is 37.9 Å². The molecule has 1 aromatic carbocycles. The highest BCUT2D eigenvalue weighted by Crippen LogP contribution is 2.14. The lowest BCUT2D eigenvalue weighted by atomic mass is 10.1. The molecule has 3 rings (SSSR count). The average Bonchev–Trinajstić information content (AvgIpc) is 3.07. The Hall–Kier alpha value is -2.18. The Morgan fingerprint density at radius 2 is 1.92 bits per heavy atom. The van der Waals surface area contributed by atoms with Gasteiger partial charge in [0.05, 0.1) is 18.3 Å². The van der Waals surface area contributed by atoms with Crippen molar-refractivity contribution in [3.05, 3.63) is 47.3 Å². The largest absolute Gasteiger partial charge is 0.360 e. The van der Waals surface area contributed by atoms with Crippen LogP contribution in [-0.4, -0.2) is 53.1 Å². The van der Waals surface area contributed by atoms with Crippen molar-refractivity contribution in [1.29, 1.82) is 0 Å². The Bertz CT molecular complexity index is 718. The van der Waals surface area contributed by atoms with Gasteiger partial charge in [0.1, 0.15) is 0 Å². The molecule has 6 nitrogen and oxygen atoms in total. The summed E-state index contributed by atoms with van der Waals surface area (Å²) < 4.78 is 5.29. The number of amides is 1. The fourth-order valence-corrected chi connectivity index (χ4v) is 3.26. The number of nitrogens with zero attached hydrogens (tertiary/aromatic N) is 3. The minimum atomic E-state index is -0.143. The third-order valence-electron chi connectivity index (χ3n) is 5.02. The van der Waals surface area contributed by atoms with E-state index in [0.29, 0.717) is 0 Å². The van der Waals surface area contributed by atoms with Crippen LogP contribution in [0, 0.1) is 6.92 Å². The monoisotopic (exact) mass is 356 g/mol. The first-order valence-corrected chi connectivity index (χ1v) is 9.33. The quantitative estimate of drug-likeness (QED) is 0.862. The second kappa shape index (κ2) is 8.47. The van der Waals surface area contributed by atoms with Crippen molar-refractivity contribution in [3.63, 3.8) is 0 Å². The van der Waals surface area contributed by atoms with Gasteiger partial charge in [-0.2, -0.15) is 0 Å². The molecule has 1 amide bonds. The van der Waals surface area contributed by atoms with Gasteiger partial charge in [0.2, 0.25) is 5.91 Å². The van der Waals surface area contributed by atoms with Crippen molar-refractivity contribution in [1.82, 2.24) is 15.0 Å². The first kappa shape index (κ1) is 18.6. The molecule has 1 unspecified atom stereocenters. The molecule has 0 saturated carbocycles. The maximum atomic E-state index is 12.6. The van der Waals surface area contributed by atoms with Gasteiger partial charge in [-0.3, -0.25) is 14.6 Å². The van der Waals surface area contributed by atoms with E-state index in [4.69, 9.17) is 4.52 Å². The predicted molar refractivity (Wildman–Crippen MR) is 102 cm³/mol. The van der Waals surface area contributed by atoms with Gasteiger partial charge >= 0.3 is 0 Å². The van der Waals surface area contributed by atoms with E-state index in [1.54, 1.807) is 0 Å². The Morgan fingerprint density at radius 1 is 1.23 bits per heavy atom. The van der Waals surface area contributed by atoms with Crippen LogP contribution in [0.1, 0.15) is 30.9 Å². The molecule has 26 heavy (non-hydrogen) atoms. The van der Waals surface area contributed by atoms with Crippen molar-refractivity contribution < 1.29 is 9.32 Å². The first-order valence-electron chi connectivity index (χ1n) is 9.33. The lowest BCUT2D eigenvalue weighted by Gasteiger charge is -2.37. The molecule has 2 aromatic rings. The van der Waals surface area contributed by atoms with E-state index in [9.17, 15) is 4.79 Å². The topological polar surface area (TPSA) is 61.6 Å². The zero-order valence-corrected chi connectivity index (χ0v) is 15.9. The molecule has 6 heteroatoms. The third kappa shape index (κ3) is 4.71. The molecular weight excluding hydrogens is 328 g/mol. The molecule has 1 N–H and O–H groups in total. The number of benzene rings is 1. The lowest BCUT2D eigenvalue weighted by molar-refractivity contribution is -0.121. The van der Waals surface area contributed by atoms with Crippen LogP contribution >= 0.6 is 0 Å². The molecule has 140 valence electrons. The number of anilines is 1. The van der Waals surface area contributed by atoms with E-state index >= 15 is 0 Å². The summed E-state index contributed by atoms with van der Waals surface area (Å²) >= 11 is 0. The number of hydrogen-bond donors (Lipinski definition) is 1. The van der Waals surface area contributed by atoms with Gasteiger partial charge in [-0.15, -0.1) is 0 Å². The molecule has 0 bridgehead atoms. The van der Waals surface area contributed by atoms with E-state index in [0.717, 1.165) is 56.3 Å². The Morgan fingerprint density at radius 3 is 2.50 bits per heavy atom. The van der Waals surface area contributed by atoms with E-state index in [1.807, 2.05) is 32.0 Å². The zero-order valence-electron chi connectivity index (χ0n) is 15.9. The summed E-state index contributed by atoms with van der Waals surface area (Å²) in [6.07, 6.45) is 1.00. The van der Waals surface area contributed by atoms with Crippen LogP contribution in [0.25, 0.3) is 0 Å². The number of hydrogen-bond acceptors (Lipinski definition) is 5. The minimum Gasteiger partial charge on any atom is -0.360 e. The number of carbonyl (C=O) groups is 1. The molecule has 1 fully saturated rings. The number of carbonyl (C=O) groups excluding carboxylic acids is 1. The van der Waals surface area contributed by atoms with Crippen molar-refractivity contribution in [3.8, 4) is 0 Å². The maximum Gasteiger partial charge on any atom is 0.241 e. The summed E-state index contributed by atoms with van der Waals surface area (Å²) in [5.74, 6) is 0.950. The molecule has 1 aliphatic rings. The number of rotatable bonds is 6. The van der Waals surface area contributed by atoms with E-state index in [2.05, 4.69) is 39.3 Å². The SMILES string of the molecule is CCc1ccc(NC(=O)C(C)N2CCN(Cc3cc(C)no3)CC2)cc1. The highest BCUT2D eigenvalue weighted by atomic mass is 16.5. The van der Waals surface area contributed by atoms with Crippen LogP contribution in [0.5, 0.6) is 0 Å². The number of aryl methyl sites for hydroxylation is 2. The summed E-state index contributed by atoms with van der Waals surface area (Å²) in [7, 11) is 0. The Labute approximate surface area is 155 Å².